The Morgan fingerprint density at radius 3 is 2.21 bits per heavy atom. The Kier molecular flexibility index (Phi) is 9.33. The number of hydrogen-bond donors (Lipinski definition) is 1. The van der Waals surface area contributed by atoms with Crippen molar-refractivity contribution in [3.63, 3.8) is 0 Å². The molecule has 13 heteroatoms. The summed E-state index contributed by atoms with van der Waals surface area (Å²) in [5.74, 6) is -0.149. The van der Waals surface area contributed by atoms with E-state index in [-0.39, 0.29) is 48.4 Å². The van der Waals surface area contributed by atoms with Crippen LogP contribution in [0.1, 0.15) is 74.3 Å². The van der Waals surface area contributed by atoms with Gasteiger partial charge in [-0.2, -0.15) is 26.3 Å². The summed E-state index contributed by atoms with van der Waals surface area (Å²) >= 11 is 5.94. The van der Waals surface area contributed by atoms with Crippen molar-refractivity contribution in [2.45, 2.75) is 89.4 Å². The summed E-state index contributed by atoms with van der Waals surface area (Å²) in [5.41, 5.74) is -5.61. The Labute approximate surface area is 250 Å². The van der Waals surface area contributed by atoms with E-state index in [9.17, 15) is 35.9 Å². The van der Waals surface area contributed by atoms with Gasteiger partial charge in [-0.05, 0) is 67.5 Å². The fraction of sp³-hybridized carbons (Fsp3) is 0.533. The van der Waals surface area contributed by atoms with Crippen LogP contribution in [-0.4, -0.2) is 42.3 Å². The van der Waals surface area contributed by atoms with Gasteiger partial charge in [-0.25, -0.2) is 4.79 Å². The largest absolute Gasteiger partial charge is 0.493 e. The number of rotatable bonds is 11. The van der Waals surface area contributed by atoms with Crippen molar-refractivity contribution < 1.29 is 45.4 Å². The number of benzene rings is 2. The van der Waals surface area contributed by atoms with Crippen LogP contribution >= 0.6 is 11.6 Å². The molecule has 1 atom stereocenters. The van der Waals surface area contributed by atoms with Crippen LogP contribution in [-0.2, 0) is 40.1 Å². The number of halogens is 7. The van der Waals surface area contributed by atoms with E-state index in [0.29, 0.717) is 36.3 Å². The lowest BCUT2D eigenvalue weighted by Crippen LogP contribution is -2.53. The number of carbonyl (C=O) groups excluding carboxylic acids is 2. The number of fused-ring (bicyclic) bond motifs is 1. The van der Waals surface area contributed by atoms with Crippen molar-refractivity contribution in [3.05, 3.63) is 63.2 Å². The topological polar surface area (TPSA) is 67.9 Å². The molecule has 0 aliphatic carbocycles. The first-order valence-electron chi connectivity index (χ1n) is 14.1. The van der Waals surface area contributed by atoms with Gasteiger partial charge in [0.15, 0.2) is 0 Å². The standard InChI is InChI=1S/C30H33ClF6N2O4/c1-4-8-18-16-23-22(17-43-28(23,29(32,33)34)30(35,36)37)21(9-5-2)24(18)42-15-7-6-14-39-25(40)27(3,38-26(39)41)19-10-12-20(31)13-11-19/h10-13,16H,4-9,14-15,17H2,1-3H3,(H,38,41). The second-order valence-electron chi connectivity index (χ2n) is 10.9. The summed E-state index contributed by atoms with van der Waals surface area (Å²) in [6.45, 7) is 4.48. The van der Waals surface area contributed by atoms with Crippen molar-refractivity contribution in [1.82, 2.24) is 10.2 Å². The number of nitrogens with one attached hydrogen (secondary N) is 1. The molecule has 0 bridgehead atoms. The molecule has 43 heavy (non-hydrogen) atoms. The van der Waals surface area contributed by atoms with Gasteiger partial charge in [0.2, 0.25) is 0 Å². The monoisotopic (exact) mass is 634 g/mol. The summed E-state index contributed by atoms with van der Waals surface area (Å²) in [6, 6.07) is 6.96. The number of hydrogen-bond acceptors (Lipinski definition) is 4. The zero-order valence-electron chi connectivity index (χ0n) is 24.0. The molecule has 4 rings (SSSR count). The molecule has 6 nitrogen and oxygen atoms in total. The van der Waals surface area contributed by atoms with E-state index >= 15 is 0 Å². The average molecular weight is 635 g/mol. The molecule has 3 amide bonds. The van der Waals surface area contributed by atoms with E-state index in [1.807, 2.05) is 0 Å². The number of carbonyl (C=O) groups is 2. The molecule has 0 spiro atoms. The van der Waals surface area contributed by atoms with Crippen molar-refractivity contribution in [2.24, 2.45) is 0 Å². The summed E-state index contributed by atoms with van der Waals surface area (Å²) < 4.78 is 94.8. The third-order valence-electron chi connectivity index (χ3n) is 7.92. The molecule has 2 aliphatic heterocycles. The van der Waals surface area contributed by atoms with Gasteiger partial charge < -0.3 is 14.8 Å². The highest BCUT2D eigenvalue weighted by Gasteiger charge is 2.76. The molecular weight excluding hydrogens is 602 g/mol. The van der Waals surface area contributed by atoms with Crippen LogP contribution in [0.5, 0.6) is 5.75 Å². The van der Waals surface area contributed by atoms with Crippen LogP contribution in [0, 0.1) is 0 Å². The molecule has 236 valence electrons. The molecule has 2 aromatic rings. The zero-order valence-corrected chi connectivity index (χ0v) is 24.7. The number of ether oxygens (including phenoxy) is 2. The second kappa shape index (κ2) is 12.2. The van der Waals surface area contributed by atoms with Crippen molar-refractivity contribution >= 4 is 23.5 Å². The minimum Gasteiger partial charge on any atom is -0.493 e. The van der Waals surface area contributed by atoms with E-state index in [2.05, 4.69) is 10.1 Å². The molecule has 0 saturated carbocycles. The first-order valence-corrected chi connectivity index (χ1v) is 14.5. The molecule has 1 unspecified atom stereocenters. The van der Waals surface area contributed by atoms with E-state index in [0.717, 1.165) is 11.0 Å². The number of aryl methyl sites for hydroxylation is 1. The normalized spacial score (nSPS) is 20.0. The summed E-state index contributed by atoms with van der Waals surface area (Å²) in [5, 5.41) is 3.21. The van der Waals surface area contributed by atoms with Gasteiger partial charge >= 0.3 is 18.4 Å². The van der Waals surface area contributed by atoms with E-state index < -0.39 is 47.6 Å². The second-order valence-corrected chi connectivity index (χ2v) is 11.3. The average Bonchev–Trinajstić information content (AvgIpc) is 3.42. The maximum atomic E-state index is 14.0. The van der Waals surface area contributed by atoms with Crippen LogP contribution in [0.25, 0.3) is 0 Å². The van der Waals surface area contributed by atoms with E-state index in [1.165, 1.54) is 0 Å². The summed E-state index contributed by atoms with van der Waals surface area (Å²) in [6.07, 6.45) is -9.36. The summed E-state index contributed by atoms with van der Waals surface area (Å²) in [4.78, 5) is 26.9. The highest BCUT2D eigenvalue weighted by Crippen LogP contribution is 2.58. The van der Waals surface area contributed by atoms with Crippen LogP contribution in [0.15, 0.2) is 30.3 Å². The smallest absolute Gasteiger partial charge is 0.430 e. The molecule has 2 aromatic carbocycles. The predicted molar refractivity (Wildman–Crippen MR) is 147 cm³/mol. The molecule has 1 saturated heterocycles. The Morgan fingerprint density at radius 2 is 1.63 bits per heavy atom. The first-order chi connectivity index (χ1) is 20.1. The maximum absolute atomic E-state index is 14.0. The Balaban J connectivity index is 1.51. The molecule has 1 N–H and O–H groups in total. The molecule has 2 aliphatic rings. The molecule has 1 fully saturated rings. The first kappa shape index (κ1) is 32.9. The van der Waals surface area contributed by atoms with E-state index in [1.54, 1.807) is 45.0 Å². The highest BCUT2D eigenvalue weighted by molar-refractivity contribution is 6.30. The van der Waals surface area contributed by atoms with Gasteiger partial charge in [-0.3, -0.25) is 9.69 Å². The fourth-order valence-corrected chi connectivity index (χ4v) is 5.89. The minimum atomic E-state index is -5.71. The lowest BCUT2D eigenvalue weighted by atomic mass is 9.84. The van der Waals surface area contributed by atoms with Crippen molar-refractivity contribution in [2.75, 3.05) is 13.2 Å². The Morgan fingerprint density at radius 1 is 1.00 bits per heavy atom. The predicted octanol–water partition coefficient (Wildman–Crippen LogP) is 7.72. The minimum absolute atomic E-state index is 0.0782. The van der Waals surface area contributed by atoms with Crippen molar-refractivity contribution in [3.8, 4) is 5.75 Å². The number of nitrogens with zero attached hydrogens (tertiary/aromatic N) is 1. The van der Waals surface area contributed by atoms with Gasteiger partial charge in [-0.1, -0.05) is 50.4 Å². The fourth-order valence-electron chi connectivity index (χ4n) is 5.76. The number of alkyl halides is 6. The van der Waals surface area contributed by atoms with Gasteiger partial charge in [0, 0.05) is 22.7 Å². The third kappa shape index (κ3) is 5.80. The number of imide groups is 1. The highest BCUT2D eigenvalue weighted by atomic mass is 35.5. The van der Waals surface area contributed by atoms with Crippen LogP contribution in [0.2, 0.25) is 5.02 Å². The molecule has 0 aromatic heterocycles. The molecular formula is C30H33ClF6N2O4. The van der Waals surface area contributed by atoms with E-state index in [4.69, 9.17) is 16.3 Å². The van der Waals surface area contributed by atoms with Crippen LogP contribution in [0.4, 0.5) is 31.1 Å². The van der Waals surface area contributed by atoms with Gasteiger partial charge in [0.25, 0.3) is 11.5 Å². The quantitative estimate of drug-likeness (QED) is 0.156. The van der Waals surface area contributed by atoms with Gasteiger partial charge in [0.1, 0.15) is 11.3 Å². The number of urea groups is 1. The van der Waals surface area contributed by atoms with Crippen molar-refractivity contribution in [1.29, 1.82) is 0 Å². The number of amides is 3. The van der Waals surface area contributed by atoms with Gasteiger partial charge in [-0.15, -0.1) is 0 Å². The summed E-state index contributed by atoms with van der Waals surface area (Å²) in [7, 11) is 0. The molecule has 2 heterocycles. The zero-order chi connectivity index (χ0) is 31.8. The number of unbranched alkanes of at least 4 members (excludes halogenated alkanes) is 1. The van der Waals surface area contributed by atoms with Crippen LogP contribution in [0.3, 0.4) is 0 Å². The molecule has 0 radical (unpaired) electrons. The lowest BCUT2D eigenvalue weighted by Gasteiger charge is -2.34. The Bertz CT molecular complexity index is 1350. The SMILES string of the molecule is CCCc1cc2c(c(CCC)c1OCCCCN1C(=O)NC(C)(c3ccc(Cl)cc3)C1=O)COC2(C(F)(F)F)C(F)(F)F. The lowest BCUT2D eigenvalue weighted by molar-refractivity contribution is -0.385. The third-order valence-corrected chi connectivity index (χ3v) is 8.17. The Hall–Kier alpha value is -2.99. The van der Waals surface area contributed by atoms with Gasteiger partial charge in [0.05, 0.1) is 13.2 Å². The maximum Gasteiger partial charge on any atom is 0.430 e. The van der Waals surface area contributed by atoms with Crippen LogP contribution < -0.4 is 10.1 Å².